The highest BCUT2D eigenvalue weighted by molar-refractivity contribution is 6.30. The van der Waals surface area contributed by atoms with Crippen LogP contribution in [-0.4, -0.2) is 55.8 Å². The fourth-order valence-corrected chi connectivity index (χ4v) is 3.75. The molecule has 0 saturated heterocycles. The fourth-order valence-electron chi connectivity index (χ4n) is 3.57. The van der Waals surface area contributed by atoms with Crippen molar-refractivity contribution in [2.75, 3.05) is 27.9 Å². The molecule has 0 fully saturated rings. The molecule has 3 N–H and O–H groups in total. The quantitative estimate of drug-likeness (QED) is 0.652. The second-order valence-electron chi connectivity index (χ2n) is 7.14. The van der Waals surface area contributed by atoms with Crippen LogP contribution in [0.25, 0.3) is 0 Å². The minimum Gasteiger partial charge on any atom is -0.454 e. The molecule has 32 heavy (non-hydrogen) atoms. The Morgan fingerprint density at radius 1 is 1.12 bits per heavy atom. The Labute approximate surface area is 190 Å². The van der Waals surface area contributed by atoms with Gasteiger partial charge in [-0.05, 0) is 35.9 Å². The van der Waals surface area contributed by atoms with Gasteiger partial charge in [0.25, 0.3) is 0 Å². The summed E-state index contributed by atoms with van der Waals surface area (Å²) in [6.45, 7) is 0.683. The zero-order chi connectivity index (χ0) is 22.8. The van der Waals surface area contributed by atoms with Crippen LogP contribution < -0.4 is 25.4 Å². The van der Waals surface area contributed by atoms with Crippen molar-refractivity contribution in [3.8, 4) is 11.5 Å². The number of carbonyl (C=O) groups is 2. The highest BCUT2D eigenvalue weighted by atomic mass is 35.5. The summed E-state index contributed by atoms with van der Waals surface area (Å²) in [5, 5.41) is 8.98. The summed E-state index contributed by atoms with van der Waals surface area (Å²) >= 11 is 6.25. The third-order valence-corrected chi connectivity index (χ3v) is 5.41. The van der Waals surface area contributed by atoms with E-state index in [2.05, 4.69) is 20.9 Å². The Hall–Kier alpha value is -3.50. The summed E-state index contributed by atoms with van der Waals surface area (Å²) in [4.78, 5) is 32.2. The van der Waals surface area contributed by atoms with Crippen molar-refractivity contribution in [1.82, 2.24) is 25.8 Å². The highest BCUT2D eigenvalue weighted by Gasteiger charge is 2.35. The smallest absolute Gasteiger partial charge is 0.332 e. The molecule has 0 aromatic heterocycles. The van der Waals surface area contributed by atoms with Crippen molar-refractivity contribution in [1.29, 1.82) is 0 Å². The molecule has 4 rings (SSSR count). The molecule has 0 radical (unpaired) electrons. The predicted octanol–water partition coefficient (Wildman–Crippen LogP) is 2.77. The average molecular weight is 459 g/mol. The van der Waals surface area contributed by atoms with Gasteiger partial charge < -0.3 is 25.0 Å². The number of nitrogens with zero attached hydrogens (tertiary/aromatic N) is 3. The van der Waals surface area contributed by atoms with E-state index in [1.54, 1.807) is 24.1 Å². The van der Waals surface area contributed by atoms with Crippen LogP contribution in [0.4, 0.5) is 15.3 Å². The SMILES string of the molecule is CNC(=O)N(C(=O)NC)C1=Nc2ccc(Cl)cc2C(NCc2ccc3c(c2)OCO3)N1C. The van der Waals surface area contributed by atoms with Crippen LogP contribution in [0.1, 0.15) is 17.3 Å². The zero-order valence-corrected chi connectivity index (χ0v) is 18.6. The van der Waals surface area contributed by atoms with E-state index in [0.717, 1.165) is 16.0 Å². The monoisotopic (exact) mass is 458 g/mol. The molecule has 2 aromatic rings. The van der Waals surface area contributed by atoms with E-state index in [9.17, 15) is 9.59 Å². The summed E-state index contributed by atoms with van der Waals surface area (Å²) in [5.74, 6) is 1.57. The topological polar surface area (TPSA) is 108 Å². The lowest BCUT2D eigenvalue weighted by molar-refractivity contribution is 0.174. The van der Waals surface area contributed by atoms with Gasteiger partial charge in [0.1, 0.15) is 6.17 Å². The number of halogens is 1. The number of aliphatic imine (C=N–C) groups is 1. The fraction of sp³-hybridized carbons (Fsp3) is 0.286. The van der Waals surface area contributed by atoms with E-state index in [0.29, 0.717) is 28.8 Å². The second kappa shape index (κ2) is 8.93. The molecule has 2 aliphatic rings. The summed E-state index contributed by atoms with van der Waals surface area (Å²) < 4.78 is 10.8. The third kappa shape index (κ3) is 4.02. The van der Waals surface area contributed by atoms with E-state index < -0.39 is 18.2 Å². The average Bonchev–Trinajstić information content (AvgIpc) is 3.27. The van der Waals surface area contributed by atoms with Gasteiger partial charge in [-0.15, -0.1) is 0 Å². The van der Waals surface area contributed by atoms with E-state index in [1.807, 2.05) is 24.3 Å². The molecule has 1 atom stereocenters. The molecule has 2 heterocycles. The summed E-state index contributed by atoms with van der Waals surface area (Å²) in [6, 6.07) is 9.78. The van der Waals surface area contributed by atoms with Gasteiger partial charge in [-0.2, -0.15) is 4.90 Å². The zero-order valence-electron chi connectivity index (χ0n) is 17.8. The summed E-state index contributed by atoms with van der Waals surface area (Å²) in [5.41, 5.74) is 2.39. The molecule has 2 aromatic carbocycles. The molecule has 0 saturated carbocycles. The van der Waals surface area contributed by atoms with Crippen LogP contribution in [0, 0.1) is 0 Å². The van der Waals surface area contributed by atoms with Gasteiger partial charge in [-0.3, -0.25) is 5.32 Å². The standard InChI is InChI=1S/C21H23ClN6O4/c1-23-20(29)28(21(30)24-2)19-26-15-6-5-13(22)9-14(15)18(27(19)3)25-10-12-4-7-16-17(8-12)32-11-31-16/h4-9,18,25H,10-11H2,1-3H3,(H,23,29)(H,24,30). The highest BCUT2D eigenvalue weighted by Crippen LogP contribution is 2.36. The minimum atomic E-state index is -0.609. The molecule has 0 spiro atoms. The van der Waals surface area contributed by atoms with Crippen LogP contribution in [0.2, 0.25) is 5.02 Å². The molecular formula is C21H23ClN6O4. The predicted molar refractivity (Wildman–Crippen MR) is 119 cm³/mol. The number of amides is 4. The van der Waals surface area contributed by atoms with Crippen molar-refractivity contribution in [2.24, 2.45) is 4.99 Å². The molecule has 2 aliphatic heterocycles. The maximum absolute atomic E-state index is 12.5. The van der Waals surface area contributed by atoms with E-state index in [1.165, 1.54) is 14.1 Å². The van der Waals surface area contributed by atoms with Crippen LogP contribution >= 0.6 is 11.6 Å². The summed E-state index contributed by atoms with van der Waals surface area (Å²) in [6.07, 6.45) is -0.418. The number of fused-ring (bicyclic) bond motifs is 2. The van der Waals surface area contributed by atoms with Crippen molar-refractivity contribution in [3.63, 3.8) is 0 Å². The molecule has 1 unspecified atom stereocenters. The van der Waals surface area contributed by atoms with Gasteiger partial charge in [0.2, 0.25) is 12.8 Å². The normalized spacial score (nSPS) is 16.2. The van der Waals surface area contributed by atoms with Crippen LogP contribution in [0.3, 0.4) is 0 Å². The lowest BCUT2D eigenvalue weighted by Crippen LogP contribution is -2.57. The number of hydrogen-bond donors (Lipinski definition) is 3. The Balaban J connectivity index is 1.67. The molecule has 10 nitrogen and oxygen atoms in total. The van der Waals surface area contributed by atoms with E-state index >= 15 is 0 Å². The Bertz CT molecular complexity index is 1080. The largest absolute Gasteiger partial charge is 0.454 e. The second-order valence-corrected chi connectivity index (χ2v) is 7.58. The van der Waals surface area contributed by atoms with Gasteiger partial charge >= 0.3 is 12.1 Å². The molecular weight excluding hydrogens is 436 g/mol. The van der Waals surface area contributed by atoms with Crippen molar-refractivity contribution in [3.05, 3.63) is 52.5 Å². The first-order valence-corrected chi connectivity index (χ1v) is 10.3. The number of ether oxygens (including phenoxy) is 2. The first-order valence-electron chi connectivity index (χ1n) is 9.89. The van der Waals surface area contributed by atoms with Gasteiger partial charge in [-0.25, -0.2) is 14.6 Å². The van der Waals surface area contributed by atoms with Gasteiger partial charge in [0, 0.05) is 38.3 Å². The minimum absolute atomic E-state index is 0.168. The molecule has 4 amide bonds. The number of rotatable bonds is 3. The van der Waals surface area contributed by atoms with Gasteiger partial charge in [-0.1, -0.05) is 17.7 Å². The van der Waals surface area contributed by atoms with Crippen LogP contribution in [-0.2, 0) is 6.54 Å². The van der Waals surface area contributed by atoms with E-state index in [4.69, 9.17) is 21.1 Å². The Kier molecular flexibility index (Phi) is 6.06. The molecule has 0 bridgehead atoms. The van der Waals surface area contributed by atoms with E-state index in [-0.39, 0.29) is 12.8 Å². The molecule has 11 heteroatoms. The maximum atomic E-state index is 12.5. The van der Waals surface area contributed by atoms with Crippen molar-refractivity contribution in [2.45, 2.75) is 12.7 Å². The first-order chi connectivity index (χ1) is 15.4. The number of benzene rings is 2. The lowest BCUT2D eigenvalue weighted by Gasteiger charge is -2.38. The van der Waals surface area contributed by atoms with Crippen molar-refractivity contribution < 1.29 is 19.1 Å². The third-order valence-electron chi connectivity index (χ3n) is 5.18. The number of guanidine groups is 1. The van der Waals surface area contributed by atoms with Crippen LogP contribution in [0.5, 0.6) is 11.5 Å². The Morgan fingerprint density at radius 2 is 1.84 bits per heavy atom. The Morgan fingerprint density at radius 3 is 2.56 bits per heavy atom. The number of hydrogen-bond acceptors (Lipinski definition) is 7. The lowest BCUT2D eigenvalue weighted by atomic mass is 10.1. The number of urea groups is 2. The molecule has 168 valence electrons. The first kappa shape index (κ1) is 21.7. The van der Waals surface area contributed by atoms with Crippen LogP contribution in [0.15, 0.2) is 41.4 Å². The number of imide groups is 1. The number of nitrogens with one attached hydrogen (secondary N) is 3. The number of carbonyl (C=O) groups excluding carboxylic acids is 2. The molecule has 0 aliphatic carbocycles. The summed E-state index contributed by atoms with van der Waals surface area (Å²) in [7, 11) is 4.65. The van der Waals surface area contributed by atoms with Crippen molar-refractivity contribution >= 4 is 35.3 Å². The maximum Gasteiger partial charge on any atom is 0.332 e. The van der Waals surface area contributed by atoms with Gasteiger partial charge in [0.15, 0.2) is 11.5 Å². The van der Waals surface area contributed by atoms with Gasteiger partial charge in [0.05, 0.1) is 5.69 Å².